The van der Waals surface area contributed by atoms with Gasteiger partial charge in [0.2, 0.25) is 0 Å². The fourth-order valence-corrected chi connectivity index (χ4v) is 2.89. The predicted octanol–water partition coefficient (Wildman–Crippen LogP) is 2.63. The van der Waals surface area contributed by atoms with Gasteiger partial charge in [-0.05, 0) is 12.5 Å². The number of carbonyl (C=O) groups is 3. The number of hydrogen-bond acceptors (Lipinski definition) is 5. The SMILES string of the molecule is CCOC(=O)C(C#N)c1cccc2c1C(=O)c1ccccc1C2=O. The average molecular weight is 319 g/mol. The van der Waals surface area contributed by atoms with Gasteiger partial charge in [0.15, 0.2) is 17.5 Å². The van der Waals surface area contributed by atoms with Crippen molar-refractivity contribution in [2.75, 3.05) is 6.61 Å². The molecule has 0 aliphatic heterocycles. The van der Waals surface area contributed by atoms with Crippen molar-refractivity contribution in [2.24, 2.45) is 0 Å². The maximum Gasteiger partial charge on any atom is 0.327 e. The first-order valence-electron chi connectivity index (χ1n) is 7.47. The van der Waals surface area contributed by atoms with E-state index in [0.717, 1.165) is 0 Å². The van der Waals surface area contributed by atoms with Crippen molar-refractivity contribution in [2.45, 2.75) is 12.8 Å². The van der Waals surface area contributed by atoms with Crippen LogP contribution in [0.1, 0.15) is 50.2 Å². The molecule has 1 aliphatic carbocycles. The van der Waals surface area contributed by atoms with Crippen LogP contribution in [0.5, 0.6) is 0 Å². The average Bonchev–Trinajstić information content (AvgIpc) is 2.60. The highest BCUT2D eigenvalue weighted by atomic mass is 16.5. The molecule has 2 aromatic rings. The minimum absolute atomic E-state index is 0.112. The van der Waals surface area contributed by atoms with Crippen LogP contribution in [0.4, 0.5) is 0 Å². The summed E-state index contributed by atoms with van der Waals surface area (Å²) in [4.78, 5) is 37.6. The zero-order valence-corrected chi connectivity index (χ0v) is 12.9. The van der Waals surface area contributed by atoms with E-state index in [9.17, 15) is 19.6 Å². The minimum atomic E-state index is -1.25. The fourth-order valence-electron chi connectivity index (χ4n) is 2.89. The van der Waals surface area contributed by atoms with Gasteiger partial charge in [-0.15, -0.1) is 0 Å². The number of nitriles is 1. The summed E-state index contributed by atoms with van der Waals surface area (Å²) in [6, 6.07) is 13.0. The number of benzene rings is 2. The number of carbonyl (C=O) groups excluding carboxylic acids is 3. The van der Waals surface area contributed by atoms with Crippen LogP contribution in [0.3, 0.4) is 0 Å². The number of fused-ring (bicyclic) bond motifs is 2. The number of hydrogen-bond donors (Lipinski definition) is 0. The van der Waals surface area contributed by atoms with E-state index in [1.807, 2.05) is 6.07 Å². The lowest BCUT2D eigenvalue weighted by Gasteiger charge is -2.21. The Bertz CT molecular complexity index is 908. The molecule has 0 N–H and O–H groups in total. The number of ether oxygens (including phenoxy) is 1. The molecule has 5 nitrogen and oxygen atoms in total. The van der Waals surface area contributed by atoms with Crippen molar-refractivity contribution in [1.29, 1.82) is 5.26 Å². The second kappa shape index (κ2) is 6.09. The third-order valence-corrected chi connectivity index (χ3v) is 3.95. The Morgan fingerprint density at radius 2 is 1.67 bits per heavy atom. The lowest BCUT2D eigenvalue weighted by molar-refractivity contribution is -0.143. The maximum atomic E-state index is 12.9. The maximum absolute atomic E-state index is 12.9. The summed E-state index contributed by atoms with van der Waals surface area (Å²) in [7, 11) is 0. The monoisotopic (exact) mass is 319 g/mol. The molecule has 24 heavy (non-hydrogen) atoms. The van der Waals surface area contributed by atoms with Crippen molar-refractivity contribution in [1.82, 2.24) is 0 Å². The molecule has 5 heteroatoms. The van der Waals surface area contributed by atoms with E-state index in [-0.39, 0.29) is 40.4 Å². The van der Waals surface area contributed by atoms with Crippen LogP contribution in [0.25, 0.3) is 0 Å². The Kier molecular flexibility index (Phi) is 3.97. The summed E-state index contributed by atoms with van der Waals surface area (Å²) in [5.74, 6) is -2.63. The third-order valence-electron chi connectivity index (χ3n) is 3.95. The summed E-state index contributed by atoms with van der Waals surface area (Å²) in [5.41, 5.74) is 1.14. The molecule has 0 bridgehead atoms. The molecule has 3 rings (SSSR count). The van der Waals surface area contributed by atoms with E-state index in [4.69, 9.17) is 4.74 Å². The fraction of sp³-hybridized carbons (Fsp3) is 0.158. The molecule has 2 aromatic carbocycles. The zero-order chi connectivity index (χ0) is 17.3. The second-order valence-corrected chi connectivity index (χ2v) is 5.29. The highest BCUT2D eigenvalue weighted by Gasteiger charge is 2.35. The van der Waals surface area contributed by atoms with Gasteiger partial charge in [0.25, 0.3) is 0 Å². The molecule has 0 heterocycles. The van der Waals surface area contributed by atoms with Gasteiger partial charge in [-0.3, -0.25) is 14.4 Å². The van der Waals surface area contributed by atoms with Gasteiger partial charge in [0, 0.05) is 22.3 Å². The molecule has 1 atom stereocenters. The van der Waals surface area contributed by atoms with Gasteiger partial charge in [-0.2, -0.15) is 5.26 Å². The summed E-state index contributed by atoms with van der Waals surface area (Å²) < 4.78 is 4.91. The number of rotatable bonds is 3. The molecule has 0 saturated carbocycles. The minimum Gasteiger partial charge on any atom is -0.465 e. The van der Waals surface area contributed by atoms with Crippen molar-refractivity contribution < 1.29 is 19.1 Å². The second-order valence-electron chi connectivity index (χ2n) is 5.29. The van der Waals surface area contributed by atoms with E-state index in [1.54, 1.807) is 37.3 Å². The van der Waals surface area contributed by atoms with Crippen molar-refractivity contribution in [3.8, 4) is 6.07 Å². The van der Waals surface area contributed by atoms with Crippen LogP contribution in [0.15, 0.2) is 42.5 Å². The van der Waals surface area contributed by atoms with Gasteiger partial charge < -0.3 is 4.74 Å². The van der Waals surface area contributed by atoms with Crippen molar-refractivity contribution in [3.63, 3.8) is 0 Å². The third kappa shape index (κ3) is 2.29. The molecule has 0 aromatic heterocycles. The van der Waals surface area contributed by atoms with Crippen LogP contribution in [0.2, 0.25) is 0 Å². The first-order valence-corrected chi connectivity index (χ1v) is 7.47. The summed E-state index contributed by atoms with van der Waals surface area (Å²) >= 11 is 0. The summed E-state index contributed by atoms with van der Waals surface area (Å²) in [5, 5.41) is 9.38. The Hall–Kier alpha value is -3.26. The topological polar surface area (TPSA) is 84.2 Å². The highest BCUT2D eigenvalue weighted by molar-refractivity contribution is 6.29. The first-order chi connectivity index (χ1) is 11.6. The van der Waals surface area contributed by atoms with Gasteiger partial charge in [0.1, 0.15) is 0 Å². The smallest absolute Gasteiger partial charge is 0.327 e. The summed E-state index contributed by atoms with van der Waals surface area (Å²) in [6.07, 6.45) is 0. The number of ketones is 2. The molecular weight excluding hydrogens is 306 g/mol. The number of esters is 1. The van der Waals surface area contributed by atoms with E-state index in [0.29, 0.717) is 5.56 Å². The lowest BCUT2D eigenvalue weighted by atomic mass is 9.79. The summed E-state index contributed by atoms with van der Waals surface area (Å²) in [6.45, 7) is 1.76. The van der Waals surface area contributed by atoms with E-state index in [1.165, 1.54) is 12.1 Å². The molecule has 1 aliphatic rings. The molecular formula is C19H13NO4. The molecule has 0 amide bonds. The highest BCUT2D eigenvalue weighted by Crippen LogP contribution is 2.33. The van der Waals surface area contributed by atoms with Crippen LogP contribution in [0, 0.1) is 11.3 Å². The Morgan fingerprint density at radius 1 is 1.04 bits per heavy atom. The van der Waals surface area contributed by atoms with Crippen LogP contribution in [-0.4, -0.2) is 24.1 Å². The Morgan fingerprint density at radius 3 is 2.29 bits per heavy atom. The molecule has 118 valence electrons. The van der Waals surface area contributed by atoms with Crippen LogP contribution < -0.4 is 0 Å². The van der Waals surface area contributed by atoms with E-state index < -0.39 is 11.9 Å². The van der Waals surface area contributed by atoms with Crippen LogP contribution in [-0.2, 0) is 9.53 Å². The van der Waals surface area contributed by atoms with E-state index >= 15 is 0 Å². The van der Waals surface area contributed by atoms with Gasteiger partial charge in [-0.25, -0.2) is 0 Å². The van der Waals surface area contributed by atoms with Gasteiger partial charge in [0.05, 0.1) is 12.7 Å². The molecule has 0 radical (unpaired) electrons. The Balaban J connectivity index is 2.21. The normalized spacial score (nSPS) is 13.5. The van der Waals surface area contributed by atoms with Crippen molar-refractivity contribution in [3.05, 3.63) is 70.3 Å². The number of nitrogens with zero attached hydrogens (tertiary/aromatic N) is 1. The first kappa shape index (κ1) is 15.6. The molecule has 0 saturated heterocycles. The molecule has 0 spiro atoms. The Labute approximate surface area is 138 Å². The van der Waals surface area contributed by atoms with Gasteiger partial charge >= 0.3 is 5.97 Å². The van der Waals surface area contributed by atoms with E-state index in [2.05, 4.69) is 0 Å². The van der Waals surface area contributed by atoms with Crippen LogP contribution >= 0.6 is 0 Å². The standard InChI is InChI=1S/C19H13NO4/c1-2-24-19(23)15(10-20)11-8-5-9-14-16(11)18(22)13-7-4-3-6-12(13)17(14)21/h3-9,15H,2H2,1H3. The van der Waals surface area contributed by atoms with Gasteiger partial charge in [-0.1, -0.05) is 42.5 Å². The van der Waals surface area contributed by atoms with Crippen molar-refractivity contribution >= 4 is 17.5 Å². The lowest BCUT2D eigenvalue weighted by Crippen LogP contribution is -2.25. The molecule has 0 fully saturated rings. The largest absolute Gasteiger partial charge is 0.465 e. The predicted molar refractivity (Wildman–Crippen MR) is 84.7 cm³/mol. The zero-order valence-electron chi connectivity index (χ0n) is 12.9. The molecule has 1 unspecified atom stereocenters. The quantitative estimate of drug-likeness (QED) is 0.693.